The molecule has 0 fully saturated rings. The van der Waals surface area contributed by atoms with Crippen LogP contribution in [0.3, 0.4) is 0 Å². The first-order valence-electron chi connectivity index (χ1n) is 4.89. The molecule has 1 aromatic heterocycles. The number of aryl methyl sites for hydroxylation is 1. The fourth-order valence-electron chi connectivity index (χ4n) is 1.27. The Bertz CT molecular complexity index is 515. The largest absolute Gasteiger partial charge is 0.484 e. The van der Waals surface area contributed by atoms with Crippen LogP contribution in [0.4, 0.5) is 0 Å². The minimum absolute atomic E-state index is 0.230. The monoisotopic (exact) mass is 272 g/mol. The van der Waals surface area contributed by atoms with Crippen LogP contribution in [0.2, 0.25) is 5.02 Å². The van der Waals surface area contributed by atoms with Gasteiger partial charge in [0.25, 0.3) is 0 Å². The first-order chi connectivity index (χ1) is 8.19. The summed E-state index contributed by atoms with van der Waals surface area (Å²) in [6.07, 6.45) is 0. The summed E-state index contributed by atoms with van der Waals surface area (Å²) < 4.78 is 5.48. The summed E-state index contributed by atoms with van der Waals surface area (Å²) in [7, 11) is 1.69. The third kappa shape index (κ3) is 3.08. The zero-order valence-electron chi connectivity index (χ0n) is 9.10. The van der Waals surface area contributed by atoms with E-state index in [1.807, 2.05) is 6.07 Å². The van der Waals surface area contributed by atoms with Gasteiger partial charge in [-0.05, 0) is 22.9 Å². The molecular weight excluding hydrogens is 263 g/mol. The first kappa shape index (κ1) is 12.1. The van der Waals surface area contributed by atoms with Crippen LogP contribution in [-0.4, -0.2) is 20.2 Å². The number of halogens is 2. The molecule has 0 bridgehead atoms. The van der Waals surface area contributed by atoms with Crippen molar-refractivity contribution in [1.82, 2.24) is 20.2 Å². The number of aromatic nitrogens is 4. The van der Waals surface area contributed by atoms with Gasteiger partial charge in [0.05, 0.1) is 12.1 Å². The first-order valence-corrected chi connectivity index (χ1v) is 5.80. The quantitative estimate of drug-likeness (QED) is 0.801. The minimum Gasteiger partial charge on any atom is -0.484 e. The molecule has 0 saturated carbocycles. The normalized spacial score (nSPS) is 10.5. The SMILES string of the molecule is Cn1nnc(COc2ccc(CCl)cc2Cl)n1. The Labute approximate surface area is 108 Å². The van der Waals surface area contributed by atoms with Crippen LogP contribution in [-0.2, 0) is 19.5 Å². The summed E-state index contributed by atoms with van der Waals surface area (Å²) in [5.41, 5.74) is 0.946. The number of alkyl halides is 1. The summed E-state index contributed by atoms with van der Waals surface area (Å²) in [6.45, 7) is 0.230. The van der Waals surface area contributed by atoms with Gasteiger partial charge >= 0.3 is 0 Å². The van der Waals surface area contributed by atoms with Gasteiger partial charge in [0, 0.05) is 5.88 Å². The summed E-state index contributed by atoms with van der Waals surface area (Å²) in [4.78, 5) is 1.37. The molecule has 90 valence electrons. The van der Waals surface area contributed by atoms with E-state index in [1.165, 1.54) is 4.80 Å². The smallest absolute Gasteiger partial charge is 0.212 e. The summed E-state index contributed by atoms with van der Waals surface area (Å²) in [5.74, 6) is 1.50. The highest BCUT2D eigenvalue weighted by Crippen LogP contribution is 2.26. The van der Waals surface area contributed by atoms with Crippen molar-refractivity contribution in [3.63, 3.8) is 0 Å². The van der Waals surface area contributed by atoms with E-state index >= 15 is 0 Å². The van der Waals surface area contributed by atoms with Crippen LogP contribution in [0, 0.1) is 0 Å². The molecule has 0 radical (unpaired) electrons. The number of tetrazole rings is 1. The number of rotatable bonds is 4. The molecule has 0 unspecified atom stereocenters. The van der Waals surface area contributed by atoms with Gasteiger partial charge in [-0.15, -0.1) is 21.8 Å². The van der Waals surface area contributed by atoms with Gasteiger partial charge in [0.15, 0.2) is 6.61 Å². The van der Waals surface area contributed by atoms with E-state index < -0.39 is 0 Å². The number of hydrogen-bond acceptors (Lipinski definition) is 4. The van der Waals surface area contributed by atoms with Crippen molar-refractivity contribution in [3.05, 3.63) is 34.6 Å². The van der Waals surface area contributed by atoms with E-state index in [9.17, 15) is 0 Å². The van der Waals surface area contributed by atoms with Crippen molar-refractivity contribution in [2.75, 3.05) is 0 Å². The van der Waals surface area contributed by atoms with Crippen LogP contribution in [0.1, 0.15) is 11.4 Å². The predicted octanol–water partition coefficient (Wildman–Crippen LogP) is 2.18. The molecule has 0 aliphatic carbocycles. The van der Waals surface area contributed by atoms with Crippen molar-refractivity contribution in [2.24, 2.45) is 7.05 Å². The Hall–Kier alpha value is -1.33. The molecule has 2 rings (SSSR count). The molecule has 17 heavy (non-hydrogen) atoms. The van der Waals surface area contributed by atoms with Crippen molar-refractivity contribution in [1.29, 1.82) is 0 Å². The Balaban J connectivity index is 2.04. The molecule has 0 aliphatic heterocycles. The van der Waals surface area contributed by atoms with E-state index in [2.05, 4.69) is 15.4 Å². The van der Waals surface area contributed by atoms with E-state index in [4.69, 9.17) is 27.9 Å². The molecular formula is C10H10Cl2N4O. The third-order valence-electron chi connectivity index (χ3n) is 2.06. The second kappa shape index (κ2) is 5.33. The van der Waals surface area contributed by atoms with Crippen LogP contribution < -0.4 is 4.74 Å². The van der Waals surface area contributed by atoms with Gasteiger partial charge in [0.2, 0.25) is 5.82 Å². The van der Waals surface area contributed by atoms with Gasteiger partial charge < -0.3 is 4.74 Å². The van der Waals surface area contributed by atoms with E-state index in [0.29, 0.717) is 22.5 Å². The van der Waals surface area contributed by atoms with Gasteiger partial charge in [-0.25, -0.2) is 0 Å². The average Bonchev–Trinajstić information content (AvgIpc) is 2.73. The van der Waals surface area contributed by atoms with E-state index in [0.717, 1.165) is 5.56 Å². The Morgan fingerprint density at radius 2 is 2.24 bits per heavy atom. The van der Waals surface area contributed by atoms with E-state index in [1.54, 1.807) is 19.2 Å². The van der Waals surface area contributed by atoms with Gasteiger partial charge in [-0.3, -0.25) is 0 Å². The zero-order chi connectivity index (χ0) is 12.3. The fraction of sp³-hybridized carbons (Fsp3) is 0.300. The van der Waals surface area contributed by atoms with Crippen LogP contribution >= 0.6 is 23.2 Å². The second-order valence-corrected chi connectivity index (χ2v) is 4.06. The molecule has 5 nitrogen and oxygen atoms in total. The molecule has 1 heterocycles. The molecule has 0 N–H and O–H groups in total. The number of ether oxygens (including phenoxy) is 1. The van der Waals surface area contributed by atoms with Gasteiger partial charge in [-0.1, -0.05) is 17.7 Å². The Morgan fingerprint density at radius 3 is 2.82 bits per heavy atom. The number of nitrogens with zero attached hydrogens (tertiary/aromatic N) is 4. The van der Waals surface area contributed by atoms with Crippen molar-refractivity contribution < 1.29 is 4.74 Å². The summed E-state index contributed by atoms with van der Waals surface area (Å²) in [5, 5.41) is 12.0. The van der Waals surface area contributed by atoms with Gasteiger partial charge in [-0.2, -0.15) is 4.80 Å². The second-order valence-electron chi connectivity index (χ2n) is 3.38. The highest BCUT2D eigenvalue weighted by Gasteiger charge is 2.05. The van der Waals surface area contributed by atoms with Crippen molar-refractivity contribution in [2.45, 2.75) is 12.5 Å². The lowest BCUT2D eigenvalue weighted by molar-refractivity contribution is 0.295. The highest BCUT2D eigenvalue weighted by molar-refractivity contribution is 6.32. The maximum atomic E-state index is 6.03. The van der Waals surface area contributed by atoms with E-state index in [-0.39, 0.29) is 6.61 Å². The lowest BCUT2D eigenvalue weighted by atomic mass is 10.2. The van der Waals surface area contributed by atoms with Crippen LogP contribution in [0.25, 0.3) is 0 Å². The molecule has 0 aliphatic rings. The number of hydrogen-bond donors (Lipinski definition) is 0. The molecule has 2 aromatic rings. The predicted molar refractivity (Wildman–Crippen MR) is 64.1 cm³/mol. The lowest BCUT2D eigenvalue weighted by Gasteiger charge is -2.06. The van der Waals surface area contributed by atoms with Gasteiger partial charge in [0.1, 0.15) is 5.75 Å². The maximum absolute atomic E-state index is 6.03. The molecule has 0 amide bonds. The molecule has 7 heteroatoms. The highest BCUT2D eigenvalue weighted by atomic mass is 35.5. The van der Waals surface area contributed by atoms with Crippen molar-refractivity contribution in [3.8, 4) is 5.75 Å². The van der Waals surface area contributed by atoms with Crippen molar-refractivity contribution >= 4 is 23.2 Å². The Kier molecular flexibility index (Phi) is 3.81. The van der Waals surface area contributed by atoms with Crippen LogP contribution in [0.15, 0.2) is 18.2 Å². The molecule has 0 atom stereocenters. The summed E-state index contributed by atoms with van der Waals surface area (Å²) in [6, 6.07) is 5.41. The summed E-state index contributed by atoms with van der Waals surface area (Å²) >= 11 is 11.7. The zero-order valence-corrected chi connectivity index (χ0v) is 10.6. The molecule has 1 aromatic carbocycles. The fourth-order valence-corrected chi connectivity index (χ4v) is 1.69. The maximum Gasteiger partial charge on any atom is 0.212 e. The lowest BCUT2D eigenvalue weighted by Crippen LogP contribution is -1.99. The topological polar surface area (TPSA) is 52.8 Å². The molecule has 0 saturated heterocycles. The third-order valence-corrected chi connectivity index (χ3v) is 2.66. The molecule has 0 spiro atoms. The van der Waals surface area contributed by atoms with Crippen LogP contribution in [0.5, 0.6) is 5.75 Å². The number of benzene rings is 1. The standard InChI is InChI=1S/C10H10Cl2N4O/c1-16-14-10(13-15-16)6-17-9-3-2-7(5-11)4-8(9)12/h2-4H,5-6H2,1H3. The Morgan fingerprint density at radius 1 is 1.41 bits per heavy atom. The average molecular weight is 273 g/mol. The minimum atomic E-state index is 0.230.